The van der Waals surface area contributed by atoms with Crippen molar-refractivity contribution in [1.82, 2.24) is 15.2 Å². The molecule has 2 aromatic heterocycles. The van der Waals surface area contributed by atoms with Crippen molar-refractivity contribution in [3.05, 3.63) is 83.2 Å². The van der Waals surface area contributed by atoms with Crippen LogP contribution in [0, 0.1) is 0 Å². The Bertz CT molecular complexity index is 1080. The second-order valence-electron chi connectivity index (χ2n) is 6.22. The fourth-order valence-electron chi connectivity index (χ4n) is 2.74. The summed E-state index contributed by atoms with van der Waals surface area (Å²) in [5, 5.41) is 11.3. The lowest BCUT2D eigenvalue weighted by atomic mass is 10.2. The number of carbonyl (C=O) groups excluding carboxylic acids is 1. The van der Waals surface area contributed by atoms with E-state index in [1.54, 1.807) is 4.90 Å². The molecule has 4 rings (SSSR count). The van der Waals surface area contributed by atoms with Gasteiger partial charge in [-0.2, -0.15) is 0 Å². The van der Waals surface area contributed by atoms with Crippen LogP contribution < -0.4 is 4.90 Å². The van der Waals surface area contributed by atoms with Gasteiger partial charge in [-0.15, -0.1) is 21.5 Å². The van der Waals surface area contributed by atoms with Crippen molar-refractivity contribution in [1.29, 1.82) is 0 Å². The van der Waals surface area contributed by atoms with Crippen LogP contribution in [-0.2, 0) is 17.0 Å². The summed E-state index contributed by atoms with van der Waals surface area (Å²) in [7, 11) is 0. The average Bonchev–Trinajstić information content (AvgIpc) is 3.37. The molecule has 0 N–H and O–H groups in total. The zero-order chi connectivity index (χ0) is 20.1. The molecule has 29 heavy (non-hydrogen) atoms. The Morgan fingerprint density at radius 3 is 2.52 bits per heavy atom. The normalized spacial score (nSPS) is 10.8. The van der Waals surface area contributed by atoms with E-state index in [0.717, 1.165) is 16.9 Å². The monoisotopic (exact) mass is 422 g/mol. The topological polar surface area (TPSA) is 72.1 Å². The fraction of sp³-hybridized carbons (Fsp3) is 0.143. The van der Waals surface area contributed by atoms with E-state index >= 15 is 0 Å². The van der Waals surface area contributed by atoms with Gasteiger partial charge in [0.05, 0.1) is 17.8 Å². The molecule has 1 amide bonds. The molecule has 0 atom stereocenters. The van der Waals surface area contributed by atoms with E-state index in [-0.39, 0.29) is 5.91 Å². The summed E-state index contributed by atoms with van der Waals surface area (Å²) in [6.07, 6.45) is 0.611. The molecule has 0 aliphatic carbocycles. The van der Waals surface area contributed by atoms with Crippen molar-refractivity contribution in [2.24, 2.45) is 0 Å². The van der Waals surface area contributed by atoms with Crippen LogP contribution in [0.2, 0.25) is 0 Å². The highest BCUT2D eigenvalue weighted by Gasteiger charge is 2.18. The number of thioether (sulfide) groups is 1. The molecule has 0 spiro atoms. The van der Waals surface area contributed by atoms with E-state index in [1.807, 2.05) is 66.0 Å². The minimum atomic E-state index is -0.0767. The third-order valence-corrected chi connectivity index (χ3v) is 5.78. The smallest absolute Gasteiger partial charge is 0.276 e. The third kappa shape index (κ3) is 4.90. The summed E-state index contributed by atoms with van der Waals surface area (Å²) in [6.45, 7) is 1.54. The number of hydrogen-bond acceptors (Lipinski definition) is 7. The van der Waals surface area contributed by atoms with Crippen molar-refractivity contribution in [2.75, 3.05) is 4.90 Å². The summed E-state index contributed by atoms with van der Waals surface area (Å²) in [6, 6.07) is 19.5. The summed E-state index contributed by atoms with van der Waals surface area (Å²) in [4.78, 5) is 18.4. The number of aromatic nitrogens is 3. The van der Waals surface area contributed by atoms with Crippen LogP contribution >= 0.6 is 23.1 Å². The van der Waals surface area contributed by atoms with E-state index in [2.05, 4.69) is 15.2 Å². The van der Waals surface area contributed by atoms with Crippen LogP contribution in [0.25, 0.3) is 0 Å². The van der Waals surface area contributed by atoms with Crippen LogP contribution in [0.1, 0.15) is 24.1 Å². The molecule has 0 saturated carbocycles. The van der Waals surface area contributed by atoms with Gasteiger partial charge in [0.2, 0.25) is 11.8 Å². The van der Waals surface area contributed by atoms with E-state index in [9.17, 15) is 4.79 Å². The number of hydrogen-bond donors (Lipinski definition) is 0. The zero-order valence-corrected chi connectivity index (χ0v) is 17.3. The molecule has 0 saturated heterocycles. The average molecular weight is 423 g/mol. The van der Waals surface area contributed by atoms with Gasteiger partial charge in [0, 0.05) is 18.1 Å². The Labute approximate surface area is 176 Å². The number of thiazole rings is 1. The number of carbonyl (C=O) groups is 1. The Hall–Kier alpha value is -2.97. The molecule has 2 heterocycles. The molecule has 4 aromatic rings. The molecule has 2 aromatic carbocycles. The predicted molar refractivity (Wildman–Crippen MR) is 114 cm³/mol. The number of benzene rings is 2. The quantitative estimate of drug-likeness (QED) is 0.386. The van der Waals surface area contributed by atoms with E-state index in [1.165, 1.54) is 30.0 Å². The minimum Gasteiger partial charge on any atom is -0.416 e. The Morgan fingerprint density at radius 2 is 1.79 bits per heavy atom. The summed E-state index contributed by atoms with van der Waals surface area (Å²) in [5.41, 5.74) is 2.79. The first-order chi connectivity index (χ1) is 14.2. The second kappa shape index (κ2) is 9.02. The molecule has 0 fully saturated rings. The van der Waals surface area contributed by atoms with Gasteiger partial charge in [-0.05, 0) is 17.7 Å². The van der Waals surface area contributed by atoms with Crippen molar-refractivity contribution in [3.63, 3.8) is 0 Å². The fourth-order valence-corrected chi connectivity index (χ4v) is 4.41. The number of amides is 1. The molecule has 146 valence electrons. The zero-order valence-electron chi connectivity index (χ0n) is 15.7. The molecule has 0 aliphatic heterocycles. The molecule has 8 heteroatoms. The molecule has 6 nitrogen and oxygen atoms in total. The predicted octanol–water partition coefficient (Wildman–Crippen LogP) is 5.09. The van der Waals surface area contributed by atoms with Crippen LogP contribution in [-0.4, -0.2) is 21.1 Å². The van der Waals surface area contributed by atoms with Gasteiger partial charge in [-0.25, -0.2) is 4.98 Å². The minimum absolute atomic E-state index is 0.0767. The van der Waals surface area contributed by atoms with Gasteiger partial charge in [0.15, 0.2) is 5.13 Å². The van der Waals surface area contributed by atoms with E-state index in [4.69, 9.17) is 4.42 Å². The first-order valence-corrected chi connectivity index (χ1v) is 10.8. The van der Waals surface area contributed by atoms with Crippen LogP contribution in [0.5, 0.6) is 0 Å². The van der Waals surface area contributed by atoms with Gasteiger partial charge >= 0.3 is 0 Å². The van der Waals surface area contributed by atoms with Crippen molar-refractivity contribution >= 4 is 39.8 Å². The molecule has 0 aliphatic rings. The van der Waals surface area contributed by atoms with Gasteiger partial charge in [-0.3, -0.25) is 9.69 Å². The Morgan fingerprint density at radius 1 is 1.07 bits per heavy atom. The lowest BCUT2D eigenvalue weighted by Crippen LogP contribution is -2.22. The van der Waals surface area contributed by atoms with Gasteiger partial charge in [0.25, 0.3) is 5.22 Å². The maximum atomic E-state index is 12.1. The molecular weight excluding hydrogens is 404 g/mol. The molecule has 0 bridgehead atoms. The largest absolute Gasteiger partial charge is 0.416 e. The lowest BCUT2D eigenvalue weighted by Gasteiger charge is -2.17. The van der Waals surface area contributed by atoms with Gasteiger partial charge in [0.1, 0.15) is 0 Å². The molecular formula is C21H18N4O2S2. The van der Waals surface area contributed by atoms with Crippen LogP contribution in [0.15, 0.2) is 75.7 Å². The van der Waals surface area contributed by atoms with Crippen LogP contribution in [0.3, 0.4) is 0 Å². The SMILES string of the molecule is CC(=O)N(c1ccccc1)c1nc(CSc2nnc(Cc3ccccc3)o2)cs1. The van der Waals surface area contributed by atoms with Crippen molar-refractivity contribution in [3.8, 4) is 0 Å². The summed E-state index contributed by atoms with van der Waals surface area (Å²) < 4.78 is 5.72. The third-order valence-electron chi connectivity index (χ3n) is 4.05. The number of rotatable bonds is 7. The highest BCUT2D eigenvalue weighted by molar-refractivity contribution is 7.98. The summed E-state index contributed by atoms with van der Waals surface area (Å²) in [5.74, 6) is 1.10. The van der Waals surface area contributed by atoms with E-state index in [0.29, 0.717) is 28.4 Å². The first-order valence-electron chi connectivity index (χ1n) is 8.98. The molecule has 0 unspecified atom stereocenters. The van der Waals surface area contributed by atoms with E-state index < -0.39 is 0 Å². The van der Waals surface area contributed by atoms with Crippen LogP contribution in [0.4, 0.5) is 10.8 Å². The number of para-hydroxylation sites is 1. The maximum absolute atomic E-state index is 12.1. The van der Waals surface area contributed by atoms with Crippen molar-refractivity contribution in [2.45, 2.75) is 24.3 Å². The first kappa shape index (κ1) is 19.4. The second-order valence-corrected chi connectivity index (χ2v) is 7.99. The number of anilines is 2. The van der Waals surface area contributed by atoms with Gasteiger partial charge < -0.3 is 4.42 Å². The lowest BCUT2D eigenvalue weighted by molar-refractivity contribution is -0.115. The highest BCUT2D eigenvalue weighted by atomic mass is 32.2. The maximum Gasteiger partial charge on any atom is 0.276 e. The van der Waals surface area contributed by atoms with Gasteiger partial charge in [-0.1, -0.05) is 60.3 Å². The standard InChI is InChI=1S/C21H18N4O2S2/c1-15(26)25(18-10-6-3-7-11-18)20-22-17(13-28-20)14-29-21-24-23-19(27-21)12-16-8-4-2-5-9-16/h2-11,13H,12,14H2,1H3. The highest BCUT2D eigenvalue weighted by Crippen LogP contribution is 2.31. The Balaban J connectivity index is 1.40. The van der Waals surface area contributed by atoms with Crippen molar-refractivity contribution < 1.29 is 9.21 Å². The molecule has 0 radical (unpaired) electrons. The Kier molecular flexibility index (Phi) is 6.02. The number of nitrogens with zero attached hydrogens (tertiary/aromatic N) is 4. The summed E-state index contributed by atoms with van der Waals surface area (Å²) >= 11 is 2.87.